The summed E-state index contributed by atoms with van der Waals surface area (Å²) in [5.41, 5.74) is 0.338. The molecule has 5 nitrogen and oxygen atoms in total. The Kier molecular flexibility index (Phi) is 3.96. The minimum Gasteiger partial charge on any atom is -0.324 e. The molecule has 0 aliphatic heterocycles. The van der Waals surface area contributed by atoms with Crippen molar-refractivity contribution in [2.24, 2.45) is 7.05 Å². The molecule has 1 aromatic carbocycles. The second-order valence-electron chi connectivity index (χ2n) is 5.32. The first-order chi connectivity index (χ1) is 10.4. The molecule has 22 heavy (non-hydrogen) atoms. The van der Waals surface area contributed by atoms with E-state index < -0.39 is 15.8 Å². The van der Waals surface area contributed by atoms with Crippen molar-refractivity contribution in [1.82, 2.24) is 13.9 Å². The summed E-state index contributed by atoms with van der Waals surface area (Å²) in [7, 11) is -2.24. The van der Waals surface area contributed by atoms with Gasteiger partial charge in [0.25, 0.3) is 10.0 Å². The van der Waals surface area contributed by atoms with Crippen LogP contribution in [0.3, 0.4) is 0 Å². The van der Waals surface area contributed by atoms with Crippen molar-refractivity contribution in [3.8, 4) is 0 Å². The normalized spacial score (nSPS) is 15.5. The Balaban J connectivity index is 1.98. The van der Waals surface area contributed by atoms with Gasteiger partial charge < -0.3 is 4.57 Å². The number of rotatable bonds is 5. The van der Waals surface area contributed by atoms with Gasteiger partial charge in [0.15, 0.2) is 0 Å². The van der Waals surface area contributed by atoms with Gasteiger partial charge in [0.2, 0.25) is 5.03 Å². The van der Waals surface area contributed by atoms with Gasteiger partial charge in [-0.25, -0.2) is 17.8 Å². The lowest BCUT2D eigenvalue weighted by atomic mass is 10.2. The third-order valence-corrected chi connectivity index (χ3v) is 6.02. The molecule has 0 unspecified atom stereocenters. The highest BCUT2D eigenvalue weighted by atomic mass is 35.5. The first kappa shape index (κ1) is 15.5. The monoisotopic (exact) mass is 343 g/mol. The van der Waals surface area contributed by atoms with Crippen LogP contribution in [0.5, 0.6) is 0 Å². The Morgan fingerprint density at radius 2 is 2.09 bits per heavy atom. The van der Waals surface area contributed by atoms with Gasteiger partial charge in [0.05, 0.1) is 6.33 Å². The second-order valence-corrected chi connectivity index (χ2v) is 7.49. The molecule has 0 saturated heterocycles. The maximum atomic E-state index is 13.8. The van der Waals surface area contributed by atoms with E-state index in [1.54, 1.807) is 25.2 Å². The van der Waals surface area contributed by atoms with Gasteiger partial charge in [-0.05, 0) is 18.9 Å². The Morgan fingerprint density at radius 1 is 1.41 bits per heavy atom. The Morgan fingerprint density at radius 3 is 2.64 bits per heavy atom. The summed E-state index contributed by atoms with van der Waals surface area (Å²) in [6, 6.07) is 6.04. The average molecular weight is 344 g/mol. The fraction of sp³-hybridized carbons (Fsp3) is 0.357. The van der Waals surface area contributed by atoms with Gasteiger partial charge in [-0.15, -0.1) is 0 Å². The summed E-state index contributed by atoms with van der Waals surface area (Å²) >= 11 is 6.02. The molecule has 1 fully saturated rings. The van der Waals surface area contributed by atoms with Crippen LogP contribution in [0.1, 0.15) is 18.4 Å². The van der Waals surface area contributed by atoms with Crippen molar-refractivity contribution in [2.75, 3.05) is 0 Å². The number of aryl methyl sites for hydroxylation is 1. The SMILES string of the molecule is Cn1cnc(S(=O)(=O)N(Cc2ccccc2F)C2CC2)c1Cl. The molecule has 1 aliphatic carbocycles. The molecule has 1 saturated carbocycles. The maximum Gasteiger partial charge on any atom is 0.264 e. The zero-order chi connectivity index (χ0) is 15.9. The smallest absolute Gasteiger partial charge is 0.264 e. The van der Waals surface area contributed by atoms with Crippen LogP contribution in [0.2, 0.25) is 5.15 Å². The molecule has 1 aromatic heterocycles. The molecule has 0 N–H and O–H groups in total. The zero-order valence-corrected chi connectivity index (χ0v) is 13.5. The van der Waals surface area contributed by atoms with Crippen molar-refractivity contribution >= 4 is 21.6 Å². The Labute approximate surface area is 133 Å². The third-order valence-electron chi connectivity index (χ3n) is 3.63. The summed E-state index contributed by atoms with van der Waals surface area (Å²) < 4.78 is 42.2. The number of aromatic nitrogens is 2. The van der Waals surface area contributed by atoms with E-state index in [9.17, 15) is 12.8 Å². The standard InChI is InChI=1S/C14H15ClFN3O2S/c1-18-9-17-14(13(18)15)22(20,21)19(11-6-7-11)8-10-4-2-3-5-12(10)16/h2-5,9,11H,6-8H2,1H3. The lowest BCUT2D eigenvalue weighted by Crippen LogP contribution is -2.33. The van der Waals surface area contributed by atoms with Crippen molar-refractivity contribution in [2.45, 2.75) is 30.5 Å². The predicted molar refractivity (Wildman–Crippen MR) is 80.4 cm³/mol. The van der Waals surface area contributed by atoms with Gasteiger partial charge in [-0.3, -0.25) is 0 Å². The van der Waals surface area contributed by atoms with E-state index in [0.717, 1.165) is 12.8 Å². The number of nitrogens with zero attached hydrogens (tertiary/aromatic N) is 3. The Hall–Kier alpha value is -1.44. The van der Waals surface area contributed by atoms with Gasteiger partial charge in [-0.1, -0.05) is 29.8 Å². The molecule has 0 spiro atoms. The Bertz CT molecular complexity index is 802. The van der Waals surface area contributed by atoms with Crippen LogP contribution >= 0.6 is 11.6 Å². The van der Waals surface area contributed by atoms with Crippen molar-refractivity contribution in [3.05, 3.63) is 47.1 Å². The molecule has 1 aliphatic rings. The minimum atomic E-state index is -3.86. The topological polar surface area (TPSA) is 55.2 Å². The largest absolute Gasteiger partial charge is 0.324 e. The number of benzene rings is 1. The number of hydrogen-bond donors (Lipinski definition) is 0. The van der Waals surface area contributed by atoms with Crippen LogP contribution in [-0.2, 0) is 23.6 Å². The molecule has 0 bridgehead atoms. The highest BCUT2D eigenvalue weighted by Crippen LogP contribution is 2.35. The van der Waals surface area contributed by atoms with Gasteiger partial charge >= 0.3 is 0 Å². The number of hydrogen-bond acceptors (Lipinski definition) is 3. The lowest BCUT2D eigenvalue weighted by molar-refractivity contribution is 0.390. The van der Waals surface area contributed by atoms with Crippen LogP contribution in [0.25, 0.3) is 0 Å². The summed E-state index contributed by atoms with van der Waals surface area (Å²) in [5.74, 6) is -0.421. The minimum absolute atomic E-state index is 0.0213. The molecule has 0 radical (unpaired) electrons. The number of sulfonamides is 1. The van der Waals surface area contributed by atoms with Crippen LogP contribution in [0.15, 0.2) is 35.6 Å². The van der Waals surface area contributed by atoms with E-state index in [-0.39, 0.29) is 22.8 Å². The average Bonchev–Trinajstić information content (AvgIpc) is 3.24. The van der Waals surface area contributed by atoms with E-state index >= 15 is 0 Å². The van der Waals surface area contributed by atoms with Crippen molar-refractivity contribution < 1.29 is 12.8 Å². The van der Waals surface area contributed by atoms with E-state index in [1.165, 1.54) is 21.3 Å². The summed E-state index contributed by atoms with van der Waals surface area (Å²) in [6.07, 6.45) is 2.87. The summed E-state index contributed by atoms with van der Waals surface area (Å²) in [4.78, 5) is 3.89. The third kappa shape index (κ3) is 2.76. The van der Waals surface area contributed by atoms with Gasteiger partial charge in [0, 0.05) is 25.2 Å². The molecule has 0 amide bonds. The van der Waals surface area contributed by atoms with Crippen molar-refractivity contribution in [1.29, 1.82) is 0 Å². The molecule has 3 rings (SSSR count). The fourth-order valence-electron chi connectivity index (χ4n) is 2.25. The molecular formula is C14H15ClFN3O2S. The number of halogens is 2. The van der Waals surface area contributed by atoms with Gasteiger partial charge in [0.1, 0.15) is 11.0 Å². The first-order valence-electron chi connectivity index (χ1n) is 6.83. The first-order valence-corrected chi connectivity index (χ1v) is 8.65. The lowest BCUT2D eigenvalue weighted by Gasteiger charge is -2.21. The van der Waals surface area contributed by atoms with Crippen LogP contribution < -0.4 is 0 Å². The zero-order valence-electron chi connectivity index (χ0n) is 11.9. The highest BCUT2D eigenvalue weighted by Gasteiger charge is 2.40. The van der Waals surface area contributed by atoms with E-state index in [2.05, 4.69) is 4.98 Å². The highest BCUT2D eigenvalue weighted by molar-refractivity contribution is 7.89. The predicted octanol–water partition coefficient (Wildman–Crippen LogP) is 2.57. The number of imidazole rings is 1. The summed E-state index contributed by atoms with van der Waals surface area (Å²) in [6.45, 7) is -0.0213. The van der Waals surface area contributed by atoms with Crippen LogP contribution in [0, 0.1) is 5.82 Å². The quantitative estimate of drug-likeness (QED) is 0.838. The molecule has 118 valence electrons. The van der Waals surface area contributed by atoms with Gasteiger partial charge in [-0.2, -0.15) is 4.31 Å². The van der Waals surface area contributed by atoms with Crippen LogP contribution in [0.4, 0.5) is 4.39 Å². The van der Waals surface area contributed by atoms with E-state index in [1.807, 2.05) is 0 Å². The molecule has 8 heteroatoms. The molecular weight excluding hydrogens is 329 g/mol. The summed E-state index contributed by atoms with van der Waals surface area (Å²) in [5, 5.41) is -0.126. The van der Waals surface area contributed by atoms with E-state index in [4.69, 9.17) is 11.6 Å². The molecule has 0 atom stereocenters. The second kappa shape index (κ2) is 5.64. The molecule has 1 heterocycles. The van der Waals surface area contributed by atoms with Crippen LogP contribution in [-0.4, -0.2) is 28.3 Å². The van der Waals surface area contributed by atoms with E-state index in [0.29, 0.717) is 5.56 Å². The maximum absolute atomic E-state index is 13.8. The molecule has 2 aromatic rings. The fourth-order valence-corrected chi connectivity index (χ4v) is 4.30. The van der Waals surface area contributed by atoms with Crippen molar-refractivity contribution in [3.63, 3.8) is 0 Å².